The molecular weight excluding hydrogens is 288 g/mol. The van der Waals surface area contributed by atoms with Gasteiger partial charge in [0.1, 0.15) is 11.5 Å². The minimum absolute atomic E-state index is 0.141. The fraction of sp³-hybridized carbons (Fsp3) is 0.333. The molecule has 6 heteroatoms. The number of benzene rings is 1. The summed E-state index contributed by atoms with van der Waals surface area (Å²) in [7, 11) is -3.61. The van der Waals surface area contributed by atoms with Crippen LogP contribution in [0.2, 0.25) is 0 Å². The number of hydrogen-bond acceptors (Lipinski definition) is 4. The summed E-state index contributed by atoms with van der Waals surface area (Å²) in [5, 5.41) is 8.35. The third-order valence-electron chi connectivity index (χ3n) is 3.21. The van der Waals surface area contributed by atoms with E-state index in [0.717, 1.165) is 36.5 Å². The van der Waals surface area contributed by atoms with Crippen LogP contribution in [0, 0.1) is 0 Å². The van der Waals surface area contributed by atoms with E-state index in [1.165, 1.54) is 12.1 Å². The number of furan rings is 1. The zero-order valence-electron chi connectivity index (χ0n) is 12.0. The van der Waals surface area contributed by atoms with E-state index in [0.29, 0.717) is 6.54 Å². The summed E-state index contributed by atoms with van der Waals surface area (Å²) < 4.78 is 27.9. The molecule has 0 aliphatic heterocycles. The van der Waals surface area contributed by atoms with Gasteiger partial charge in [0.25, 0.3) is 0 Å². The minimum atomic E-state index is -3.61. The van der Waals surface area contributed by atoms with E-state index in [-0.39, 0.29) is 4.90 Å². The number of primary sulfonamides is 1. The lowest BCUT2D eigenvalue weighted by atomic mass is 10.1. The summed E-state index contributed by atoms with van der Waals surface area (Å²) >= 11 is 0. The number of aryl methyl sites for hydroxylation is 1. The van der Waals surface area contributed by atoms with Crippen molar-refractivity contribution in [2.45, 2.75) is 31.2 Å². The fourth-order valence-electron chi connectivity index (χ4n) is 2.00. The summed E-state index contributed by atoms with van der Waals surface area (Å²) in [6.45, 7) is 3.54. The molecule has 2 rings (SSSR count). The highest BCUT2D eigenvalue weighted by Crippen LogP contribution is 2.10. The van der Waals surface area contributed by atoms with Crippen molar-refractivity contribution in [2.75, 3.05) is 6.54 Å². The highest BCUT2D eigenvalue weighted by Gasteiger charge is 2.06. The van der Waals surface area contributed by atoms with Crippen LogP contribution in [-0.2, 0) is 29.4 Å². The van der Waals surface area contributed by atoms with Crippen LogP contribution in [0.25, 0.3) is 0 Å². The van der Waals surface area contributed by atoms with Gasteiger partial charge in [-0.3, -0.25) is 0 Å². The minimum Gasteiger partial charge on any atom is -0.465 e. The molecule has 1 heterocycles. The molecular formula is C15H20N2O3S. The summed E-state index contributed by atoms with van der Waals surface area (Å²) in [4.78, 5) is 0.141. The van der Waals surface area contributed by atoms with E-state index < -0.39 is 10.0 Å². The van der Waals surface area contributed by atoms with Gasteiger partial charge in [0.2, 0.25) is 10.0 Å². The van der Waals surface area contributed by atoms with E-state index in [1.54, 1.807) is 12.1 Å². The third-order valence-corrected chi connectivity index (χ3v) is 4.14. The number of nitrogens with two attached hydrogens (primary N) is 1. The van der Waals surface area contributed by atoms with Crippen LogP contribution >= 0.6 is 0 Å². The first-order chi connectivity index (χ1) is 9.99. The number of sulfonamides is 1. The van der Waals surface area contributed by atoms with Gasteiger partial charge in [0.15, 0.2) is 0 Å². The molecule has 0 radical (unpaired) electrons. The average molecular weight is 308 g/mol. The maximum atomic E-state index is 11.1. The molecule has 0 bridgehead atoms. The molecule has 0 saturated carbocycles. The van der Waals surface area contributed by atoms with Gasteiger partial charge >= 0.3 is 0 Å². The van der Waals surface area contributed by atoms with Gasteiger partial charge in [-0.05, 0) is 42.8 Å². The molecule has 2 aromatic rings. The first kappa shape index (κ1) is 15.8. The topological polar surface area (TPSA) is 85.3 Å². The maximum Gasteiger partial charge on any atom is 0.238 e. The van der Waals surface area contributed by atoms with E-state index in [2.05, 4.69) is 12.2 Å². The second-order valence-corrected chi connectivity index (χ2v) is 6.40. The Bertz CT molecular complexity index is 675. The monoisotopic (exact) mass is 308 g/mol. The summed E-state index contributed by atoms with van der Waals surface area (Å²) in [5.41, 5.74) is 1.06. The molecule has 5 nitrogen and oxygen atoms in total. The van der Waals surface area contributed by atoms with Crippen LogP contribution < -0.4 is 10.5 Å². The SMILES string of the molecule is CCc1ccc(CNCCc2ccc(S(N)(=O)=O)cc2)o1. The molecule has 0 fully saturated rings. The molecule has 114 valence electrons. The van der Waals surface area contributed by atoms with Crippen LogP contribution in [0.3, 0.4) is 0 Å². The Hall–Kier alpha value is -1.63. The Morgan fingerprint density at radius 1 is 1.10 bits per heavy atom. The Balaban J connectivity index is 1.78. The lowest BCUT2D eigenvalue weighted by molar-refractivity contribution is 0.451. The van der Waals surface area contributed by atoms with E-state index in [4.69, 9.17) is 9.56 Å². The molecule has 3 N–H and O–H groups in total. The Labute approximate surface area is 125 Å². The number of nitrogens with one attached hydrogen (secondary N) is 1. The highest BCUT2D eigenvalue weighted by atomic mass is 32.2. The standard InChI is InChI=1S/C15H20N2O3S/c1-2-13-5-6-14(20-13)11-17-10-9-12-3-7-15(8-4-12)21(16,18)19/h3-8,17H,2,9-11H2,1H3,(H2,16,18,19). The number of rotatable bonds is 7. The largest absolute Gasteiger partial charge is 0.465 e. The predicted octanol–water partition coefficient (Wildman–Crippen LogP) is 1.82. The number of hydrogen-bond donors (Lipinski definition) is 2. The molecule has 0 aliphatic rings. The van der Waals surface area contributed by atoms with Gasteiger partial charge in [-0.15, -0.1) is 0 Å². The van der Waals surface area contributed by atoms with Crippen molar-refractivity contribution in [1.29, 1.82) is 0 Å². The lowest BCUT2D eigenvalue weighted by Gasteiger charge is -2.04. The summed E-state index contributed by atoms with van der Waals surface area (Å²) in [5.74, 6) is 1.92. The second kappa shape index (κ2) is 6.89. The van der Waals surface area contributed by atoms with Gasteiger partial charge in [-0.2, -0.15) is 0 Å². The Morgan fingerprint density at radius 3 is 2.33 bits per heavy atom. The third kappa shape index (κ3) is 4.70. The molecule has 0 saturated heterocycles. The molecule has 0 aliphatic carbocycles. The average Bonchev–Trinajstić information content (AvgIpc) is 2.91. The quantitative estimate of drug-likeness (QED) is 0.764. The molecule has 0 unspecified atom stereocenters. The van der Waals surface area contributed by atoms with Crippen molar-refractivity contribution >= 4 is 10.0 Å². The van der Waals surface area contributed by atoms with Crippen molar-refractivity contribution in [3.8, 4) is 0 Å². The van der Waals surface area contributed by atoms with Crippen LogP contribution in [0.15, 0.2) is 45.7 Å². The van der Waals surface area contributed by atoms with Gasteiger partial charge in [-0.1, -0.05) is 19.1 Å². The van der Waals surface area contributed by atoms with E-state index in [9.17, 15) is 8.42 Å². The molecule has 1 aromatic carbocycles. The molecule has 0 spiro atoms. The van der Waals surface area contributed by atoms with Crippen molar-refractivity contribution in [3.05, 3.63) is 53.5 Å². The second-order valence-electron chi connectivity index (χ2n) is 4.84. The summed E-state index contributed by atoms with van der Waals surface area (Å²) in [6.07, 6.45) is 1.71. The molecule has 0 atom stereocenters. The zero-order valence-corrected chi connectivity index (χ0v) is 12.8. The van der Waals surface area contributed by atoms with Gasteiger partial charge in [0.05, 0.1) is 11.4 Å². The van der Waals surface area contributed by atoms with Gasteiger partial charge in [0, 0.05) is 6.42 Å². The zero-order chi connectivity index (χ0) is 15.3. The molecule has 0 amide bonds. The van der Waals surface area contributed by atoms with Crippen LogP contribution in [0.1, 0.15) is 24.0 Å². The predicted molar refractivity (Wildman–Crippen MR) is 81.3 cm³/mol. The van der Waals surface area contributed by atoms with Crippen molar-refractivity contribution in [1.82, 2.24) is 5.32 Å². The molecule has 21 heavy (non-hydrogen) atoms. The van der Waals surface area contributed by atoms with Crippen LogP contribution in [0.4, 0.5) is 0 Å². The first-order valence-corrected chi connectivity index (χ1v) is 8.43. The maximum absolute atomic E-state index is 11.1. The lowest BCUT2D eigenvalue weighted by Crippen LogP contribution is -2.16. The fourth-order valence-corrected chi connectivity index (χ4v) is 2.51. The first-order valence-electron chi connectivity index (χ1n) is 6.89. The summed E-state index contributed by atoms with van der Waals surface area (Å²) in [6, 6.07) is 10.6. The Kier molecular flexibility index (Phi) is 5.17. The van der Waals surface area contributed by atoms with Gasteiger partial charge in [-0.25, -0.2) is 13.6 Å². The van der Waals surface area contributed by atoms with Crippen LogP contribution in [0.5, 0.6) is 0 Å². The highest BCUT2D eigenvalue weighted by molar-refractivity contribution is 7.89. The van der Waals surface area contributed by atoms with Crippen molar-refractivity contribution in [2.24, 2.45) is 5.14 Å². The smallest absolute Gasteiger partial charge is 0.238 e. The van der Waals surface area contributed by atoms with Gasteiger partial charge < -0.3 is 9.73 Å². The normalized spacial score (nSPS) is 11.7. The van der Waals surface area contributed by atoms with Crippen LogP contribution in [-0.4, -0.2) is 15.0 Å². The van der Waals surface area contributed by atoms with E-state index >= 15 is 0 Å². The Morgan fingerprint density at radius 2 is 1.76 bits per heavy atom. The van der Waals surface area contributed by atoms with Crippen molar-refractivity contribution < 1.29 is 12.8 Å². The molecule has 1 aromatic heterocycles. The van der Waals surface area contributed by atoms with Crippen molar-refractivity contribution in [3.63, 3.8) is 0 Å². The van der Waals surface area contributed by atoms with E-state index in [1.807, 2.05) is 12.1 Å².